The van der Waals surface area contributed by atoms with Gasteiger partial charge in [-0.05, 0) is 75.5 Å². The molecule has 2 fully saturated rings. The van der Waals surface area contributed by atoms with Gasteiger partial charge in [0.2, 0.25) is 18.9 Å². The molecule has 1 saturated carbocycles. The van der Waals surface area contributed by atoms with Gasteiger partial charge in [-0.15, -0.1) is 10.2 Å². The van der Waals surface area contributed by atoms with E-state index in [1.54, 1.807) is 12.1 Å². The lowest BCUT2D eigenvalue weighted by atomic mass is 9.90. The molecule has 0 bridgehead atoms. The molecule has 3 aromatic rings. The molecule has 3 heterocycles. The number of likely N-dealkylation sites (tertiary alicyclic amines) is 1. The van der Waals surface area contributed by atoms with E-state index in [0.717, 1.165) is 37.2 Å². The van der Waals surface area contributed by atoms with Crippen LogP contribution in [0, 0.1) is 6.92 Å². The Balaban J connectivity index is 1.32. The number of pyridine rings is 1. The third-order valence-electron chi connectivity index (χ3n) is 8.17. The molecule has 0 spiro atoms. The quantitative estimate of drug-likeness (QED) is 0.233. The average Bonchev–Trinajstić information content (AvgIpc) is 3.43. The summed E-state index contributed by atoms with van der Waals surface area (Å²) in [6.07, 6.45) is 0.996. The number of nitrogens with zero attached hydrogens (tertiary/aromatic N) is 5. The van der Waals surface area contributed by atoms with E-state index in [1.807, 2.05) is 42.6 Å². The van der Waals surface area contributed by atoms with Crippen molar-refractivity contribution >= 4 is 22.8 Å². The first-order chi connectivity index (χ1) is 19.0. The number of rotatable bonds is 8. The first kappa shape index (κ1) is 28.7. The van der Waals surface area contributed by atoms with Crippen LogP contribution in [0.4, 0.5) is 23.2 Å². The molecule has 216 valence electrons. The van der Waals surface area contributed by atoms with Crippen LogP contribution in [-0.4, -0.2) is 61.7 Å². The highest BCUT2D eigenvalue weighted by molar-refractivity contribution is 8.23. The average molecular weight is 579 g/mol. The number of hydrogen-bond acceptors (Lipinski definition) is 6. The highest BCUT2D eigenvalue weighted by atomic mass is 32.2. The molecule has 7 nitrogen and oxygen atoms in total. The van der Waals surface area contributed by atoms with Gasteiger partial charge in [-0.25, -0.2) is 8.78 Å². The number of aromatic nitrogens is 3. The summed E-state index contributed by atoms with van der Waals surface area (Å²) in [7, 11) is -1.10. The lowest BCUT2D eigenvalue weighted by molar-refractivity contribution is -0.0552. The van der Waals surface area contributed by atoms with Crippen molar-refractivity contribution in [2.24, 2.45) is 0 Å². The zero-order valence-electron chi connectivity index (χ0n) is 22.6. The van der Waals surface area contributed by atoms with Crippen LogP contribution in [0.1, 0.15) is 62.1 Å². The van der Waals surface area contributed by atoms with Crippen LogP contribution in [0.5, 0.6) is 0 Å². The second kappa shape index (κ2) is 11.6. The third kappa shape index (κ3) is 6.40. The first-order valence-corrected chi connectivity index (χ1v) is 15.8. The Hall–Kier alpha value is -2.80. The van der Waals surface area contributed by atoms with E-state index in [9.17, 15) is 21.8 Å². The van der Waals surface area contributed by atoms with Crippen molar-refractivity contribution < 1.29 is 26.2 Å². The summed E-state index contributed by atoms with van der Waals surface area (Å²) in [6, 6.07) is 11.5. The van der Waals surface area contributed by atoms with Gasteiger partial charge in [-0.1, -0.05) is 22.1 Å². The molecular formula is C27H34BF4N5O2S. The maximum absolute atomic E-state index is 14.6. The van der Waals surface area contributed by atoms with Crippen molar-refractivity contribution in [1.82, 2.24) is 20.1 Å². The molecule has 1 aliphatic heterocycles. The fourth-order valence-corrected chi connectivity index (χ4v) is 8.40. The van der Waals surface area contributed by atoms with Gasteiger partial charge in [0.25, 0.3) is 5.89 Å². The van der Waals surface area contributed by atoms with E-state index in [4.69, 9.17) is 4.42 Å². The van der Waals surface area contributed by atoms with Gasteiger partial charge in [-0.3, -0.25) is 9.19 Å². The van der Waals surface area contributed by atoms with Gasteiger partial charge >= 0.3 is 6.43 Å². The number of alkyl halides is 4. The summed E-state index contributed by atoms with van der Waals surface area (Å²) in [5, 5.41) is 6.99. The number of aryl methyl sites for hydroxylation is 1. The number of benzene rings is 1. The third-order valence-corrected chi connectivity index (χ3v) is 11.4. The number of hydrogen-bond donors (Lipinski definition) is 1. The maximum atomic E-state index is 14.6. The van der Waals surface area contributed by atoms with E-state index >= 15 is 0 Å². The molecule has 0 amide bonds. The maximum Gasteiger partial charge on any atom is 0.314 e. The molecule has 1 aliphatic carbocycles. The van der Waals surface area contributed by atoms with Gasteiger partial charge in [-0.2, -0.15) is 8.78 Å². The second-order valence-electron chi connectivity index (χ2n) is 11.0. The van der Waals surface area contributed by atoms with Crippen LogP contribution in [0.3, 0.4) is 0 Å². The lowest BCUT2D eigenvalue weighted by Crippen LogP contribution is -2.52. The number of halogens is 4. The summed E-state index contributed by atoms with van der Waals surface area (Å²) >= 11 is 0. The summed E-state index contributed by atoms with van der Waals surface area (Å²) in [6.45, 7) is 3.78. The standard InChI is InChI=1S/C27H34BF4N5O2S/c1-18-3-2-4-22(15-18)37(17-20-6-5-19(16-33-20)25-34-35-26(39-25)24(29)30)40(28,38)23-9-13-36(14-10-23)21-7-11-27(31,32)12-8-21/h2-6,15-16,21,23-24,40H,7-14,17,28H2,1H3. The Kier molecular flexibility index (Phi) is 8.33. The summed E-state index contributed by atoms with van der Waals surface area (Å²) in [4.78, 5) is 6.80. The smallest absolute Gasteiger partial charge is 0.314 e. The van der Waals surface area contributed by atoms with Crippen molar-refractivity contribution in [3.8, 4) is 11.5 Å². The normalized spacial score (nSPS) is 19.6. The summed E-state index contributed by atoms with van der Waals surface area (Å²) < 4.78 is 74.5. The van der Waals surface area contributed by atoms with Crippen molar-refractivity contribution in [2.75, 3.05) is 17.4 Å². The van der Waals surface area contributed by atoms with Gasteiger partial charge < -0.3 is 13.6 Å². The fraction of sp³-hybridized carbons (Fsp3) is 0.519. The van der Waals surface area contributed by atoms with Crippen LogP contribution < -0.4 is 4.31 Å². The van der Waals surface area contributed by atoms with Crippen molar-refractivity contribution in [1.29, 1.82) is 0 Å². The molecule has 0 N–H and O–H groups in total. The Labute approximate surface area is 233 Å². The largest absolute Gasteiger partial charge is 0.415 e. The predicted molar refractivity (Wildman–Crippen MR) is 150 cm³/mol. The zero-order valence-corrected chi connectivity index (χ0v) is 23.5. The molecular weight excluding hydrogens is 545 g/mol. The van der Waals surface area contributed by atoms with Gasteiger partial charge in [0.05, 0.1) is 17.8 Å². The molecule has 13 heteroatoms. The molecule has 5 rings (SSSR count). The lowest BCUT2D eigenvalue weighted by Gasteiger charge is -2.46. The first-order valence-electron chi connectivity index (χ1n) is 13.6. The molecule has 0 atom stereocenters. The molecule has 0 radical (unpaired) electrons. The number of anilines is 1. The van der Waals surface area contributed by atoms with Crippen LogP contribution in [-0.2, 0) is 16.5 Å². The minimum Gasteiger partial charge on any atom is -0.415 e. The van der Waals surface area contributed by atoms with Crippen LogP contribution in [0.25, 0.3) is 11.5 Å². The van der Waals surface area contributed by atoms with E-state index in [0.29, 0.717) is 30.6 Å². The number of thiol groups is 1. The summed E-state index contributed by atoms with van der Waals surface area (Å²) in [5.41, 5.74) is 2.95. The van der Waals surface area contributed by atoms with Crippen LogP contribution in [0.15, 0.2) is 47.0 Å². The van der Waals surface area contributed by atoms with E-state index in [1.165, 1.54) is 6.20 Å². The van der Waals surface area contributed by atoms with E-state index in [2.05, 4.69) is 20.1 Å². The topological polar surface area (TPSA) is 75.4 Å². The van der Waals surface area contributed by atoms with Gasteiger partial charge in [0.1, 0.15) is 0 Å². The molecule has 1 aromatic carbocycles. The molecule has 1 saturated heterocycles. The van der Waals surface area contributed by atoms with Crippen molar-refractivity contribution in [3.63, 3.8) is 0 Å². The Morgan fingerprint density at radius 1 is 1.12 bits per heavy atom. The van der Waals surface area contributed by atoms with E-state index in [-0.39, 0.29) is 30.0 Å². The Morgan fingerprint density at radius 3 is 2.45 bits per heavy atom. The molecule has 2 aliphatic rings. The van der Waals surface area contributed by atoms with Crippen molar-refractivity contribution in [3.05, 3.63) is 59.7 Å². The second-order valence-corrected chi connectivity index (χ2v) is 14.1. The monoisotopic (exact) mass is 579 g/mol. The molecule has 2 aromatic heterocycles. The predicted octanol–water partition coefficient (Wildman–Crippen LogP) is 4.91. The van der Waals surface area contributed by atoms with Gasteiger partial charge in [0, 0.05) is 36.0 Å². The van der Waals surface area contributed by atoms with Crippen LogP contribution in [0.2, 0.25) is 0 Å². The van der Waals surface area contributed by atoms with E-state index < -0.39 is 28.2 Å². The molecule has 40 heavy (non-hydrogen) atoms. The SMILES string of the molecule is B[SH](=O)(C1CCN(C2CCC(F)(F)CC2)CC1)N(Cc1ccc(-c2nnc(C(F)F)o2)cn1)c1cccc(C)c1. The van der Waals surface area contributed by atoms with Crippen molar-refractivity contribution in [2.45, 2.75) is 75.6 Å². The Bertz CT molecular complexity index is 1340. The summed E-state index contributed by atoms with van der Waals surface area (Å²) in [5.74, 6) is -3.34. The fourth-order valence-electron chi connectivity index (χ4n) is 5.80. The van der Waals surface area contributed by atoms with Crippen LogP contribution >= 0.6 is 0 Å². The minimum absolute atomic E-state index is 0.0419. The number of piperidine rings is 1. The highest BCUT2D eigenvalue weighted by Crippen LogP contribution is 2.37. The Morgan fingerprint density at radius 2 is 1.85 bits per heavy atom. The highest BCUT2D eigenvalue weighted by Gasteiger charge is 2.39. The minimum atomic E-state index is -2.93. The zero-order chi connectivity index (χ0) is 28.5. The van der Waals surface area contributed by atoms with Gasteiger partial charge in [0.15, 0.2) is 0 Å². The molecule has 0 unspecified atom stereocenters.